The van der Waals surface area contributed by atoms with Crippen LogP contribution in [0.25, 0.3) is 98.0 Å². The van der Waals surface area contributed by atoms with Crippen molar-refractivity contribution in [3.63, 3.8) is 0 Å². The fourth-order valence-corrected chi connectivity index (χ4v) is 16.0. The van der Waals surface area contributed by atoms with E-state index in [9.17, 15) is 0 Å². The van der Waals surface area contributed by atoms with Crippen LogP contribution in [0.15, 0.2) is 146 Å². The minimum Gasteiger partial charge on any atom is -0.0610 e. The van der Waals surface area contributed by atoms with Crippen molar-refractivity contribution in [2.45, 2.75) is 24.9 Å². The molecule has 1 spiro atoms. The Bertz CT molecular complexity index is 2760. The predicted octanol–water partition coefficient (Wildman–Crippen LogP) is 12.2. The molecular weight excluding hydrogens is 605 g/mol. The summed E-state index contributed by atoms with van der Waals surface area (Å²) in [4.78, 5) is 0. The van der Waals surface area contributed by atoms with Gasteiger partial charge in [0, 0.05) is 0 Å². The van der Waals surface area contributed by atoms with Gasteiger partial charge in [-0.2, -0.15) is 0 Å². The lowest BCUT2D eigenvalue weighted by Crippen LogP contribution is -2.52. The zero-order valence-corrected chi connectivity index (χ0v) is 28.2. The summed E-state index contributed by atoms with van der Waals surface area (Å²) in [5.41, 5.74) is 8.45. The second-order valence-corrected chi connectivity index (χ2v) is 19.0. The average Bonchev–Trinajstić information content (AvgIpc) is 3.76. The van der Waals surface area contributed by atoms with Gasteiger partial charge in [-0.15, -0.1) is 0 Å². The SMILES string of the molecule is c1cc2ccc3ccc(-c4ccc5c(c4)[Si]4(CCCC4)c4cc(-c6ccc7ccc8cccc9ccc6c7c89)ccc4-5)c4ccc(c1)c2c34. The van der Waals surface area contributed by atoms with Crippen molar-refractivity contribution < 1.29 is 0 Å². The molecule has 0 radical (unpaired) electrons. The molecular formula is C48H32Si. The van der Waals surface area contributed by atoms with E-state index in [0.717, 1.165) is 0 Å². The van der Waals surface area contributed by atoms with E-state index in [1.165, 1.54) is 123 Å². The van der Waals surface area contributed by atoms with E-state index in [1.54, 1.807) is 10.4 Å². The number of benzene rings is 10. The lowest BCUT2D eigenvalue weighted by atomic mass is 9.89. The maximum Gasteiger partial charge on any atom is 0.119 e. The summed E-state index contributed by atoms with van der Waals surface area (Å²) < 4.78 is 0. The van der Waals surface area contributed by atoms with Crippen molar-refractivity contribution in [3.8, 4) is 33.4 Å². The van der Waals surface area contributed by atoms with Gasteiger partial charge in [-0.25, -0.2) is 0 Å². The molecule has 1 heteroatoms. The fraction of sp³-hybridized carbons (Fsp3) is 0.0833. The van der Waals surface area contributed by atoms with E-state index in [0.29, 0.717) is 0 Å². The van der Waals surface area contributed by atoms with Crippen LogP contribution >= 0.6 is 0 Å². The number of hydrogen-bond donors (Lipinski definition) is 0. The quantitative estimate of drug-likeness (QED) is 0.131. The van der Waals surface area contributed by atoms with Gasteiger partial charge in [0.2, 0.25) is 0 Å². The summed E-state index contributed by atoms with van der Waals surface area (Å²) in [7, 11) is -1.90. The maximum atomic E-state index is 2.63. The highest BCUT2D eigenvalue weighted by atomic mass is 28.3. The third-order valence-corrected chi connectivity index (χ3v) is 17.8. The molecule has 0 amide bonds. The van der Waals surface area contributed by atoms with Crippen molar-refractivity contribution >= 4 is 83.1 Å². The van der Waals surface area contributed by atoms with Gasteiger partial charge in [-0.1, -0.05) is 158 Å². The fourth-order valence-electron chi connectivity index (χ4n) is 10.3. The predicted molar refractivity (Wildman–Crippen MR) is 214 cm³/mol. The molecule has 0 aliphatic carbocycles. The molecule has 0 atom stereocenters. The molecule has 2 aliphatic heterocycles. The minimum absolute atomic E-state index is 1.33. The van der Waals surface area contributed by atoms with Gasteiger partial charge in [-0.3, -0.25) is 0 Å². The highest BCUT2D eigenvalue weighted by Gasteiger charge is 2.47. The van der Waals surface area contributed by atoms with E-state index in [4.69, 9.17) is 0 Å². The number of hydrogen-bond acceptors (Lipinski definition) is 0. The summed E-state index contributed by atoms with van der Waals surface area (Å²) in [6.07, 6.45) is 2.69. The number of rotatable bonds is 2. The van der Waals surface area contributed by atoms with Crippen molar-refractivity contribution in [1.29, 1.82) is 0 Å². The molecule has 1 saturated heterocycles. The van der Waals surface area contributed by atoms with Gasteiger partial charge in [0.25, 0.3) is 0 Å². The van der Waals surface area contributed by atoms with Gasteiger partial charge in [0.1, 0.15) is 8.07 Å². The first-order valence-corrected chi connectivity index (χ1v) is 20.3. The summed E-state index contributed by atoms with van der Waals surface area (Å²) in [5, 5.41) is 19.7. The number of fused-ring (bicyclic) bond motifs is 5. The second kappa shape index (κ2) is 9.34. The molecule has 2 aliphatic rings. The van der Waals surface area contributed by atoms with Gasteiger partial charge in [0.15, 0.2) is 0 Å². The lowest BCUT2D eigenvalue weighted by molar-refractivity contribution is 0.935. The molecule has 0 saturated carbocycles. The Morgan fingerprint density at radius 2 is 0.694 bits per heavy atom. The van der Waals surface area contributed by atoms with Crippen LogP contribution in [0.3, 0.4) is 0 Å². The van der Waals surface area contributed by atoms with E-state index in [-0.39, 0.29) is 0 Å². The first-order chi connectivity index (χ1) is 24.2. The van der Waals surface area contributed by atoms with Crippen LogP contribution in [0.5, 0.6) is 0 Å². The highest BCUT2D eigenvalue weighted by Crippen LogP contribution is 2.45. The molecule has 1 fully saturated rings. The van der Waals surface area contributed by atoms with Gasteiger partial charge < -0.3 is 0 Å². The molecule has 0 N–H and O–H groups in total. The van der Waals surface area contributed by atoms with Crippen LogP contribution in [0, 0.1) is 0 Å². The molecule has 10 aromatic rings. The first kappa shape index (κ1) is 26.5. The van der Waals surface area contributed by atoms with Crippen molar-refractivity contribution in [2.24, 2.45) is 0 Å². The summed E-state index contributed by atoms with van der Waals surface area (Å²) in [6.45, 7) is 0. The van der Waals surface area contributed by atoms with Crippen LogP contribution in [0.4, 0.5) is 0 Å². The monoisotopic (exact) mass is 636 g/mol. The first-order valence-electron chi connectivity index (χ1n) is 17.9. The van der Waals surface area contributed by atoms with E-state index in [1.807, 2.05) is 0 Å². The van der Waals surface area contributed by atoms with Crippen LogP contribution in [0.2, 0.25) is 12.1 Å². The van der Waals surface area contributed by atoms with E-state index < -0.39 is 8.07 Å². The molecule has 2 heterocycles. The Morgan fingerprint density at radius 1 is 0.327 bits per heavy atom. The van der Waals surface area contributed by atoms with Crippen molar-refractivity contribution in [1.82, 2.24) is 0 Å². The third-order valence-electron chi connectivity index (χ3n) is 12.5. The molecule has 228 valence electrons. The third kappa shape index (κ3) is 3.38. The lowest BCUT2D eigenvalue weighted by Gasteiger charge is -2.25. The Kier molecular flexibility index (Phi) is 5.04. The highest BCUT2D eigenvalue weighted by molar-refractivity contribution is 7.06. The zero-order valence-electron chi connectivity index (χ0n) is 27.2. The van der Waals surface area contributed by atoms with Gasteiger partial charge in [-0.05, 0) is 120 Å². The molecule has 0 nitrogen and oxygen atoms in total. The summed E-state index contributed by atoms with van der Waals surface area (Å²) >= 11 is 0. The molecule has 0 aromatic heterocycles. The maximum absolute atomic E-state index is 2.63. The second-order valence-electron chi connectivity index (χ2n) is 14.7. The topological polar surface area (TPSA) is 0 Å². The Labute approximate surface area is 285 Å². The summed E-state index contributed by atoms with van der Waals surface area (Å²) in [5.74, 6) is 0. The Balaban J connectivity index is 1.05. The van der Waals surface area contributed by atoms with Crippen LogP contribution in [0.1, 0.15) is 12.8 Å². The largest absolute Gasteiger partial charge is 0.119 e. The van der Waals surface area contributed by atoms with Crippen molar-refractivity contribution in [2.75, 3.05) is 0 Å². The smallest absolute Gasteiger partial charge is 0.0610 e. The average molecular weight is 637 g/mol. The van der Waals surface area contributed by atoms with Crippen LogP contribution < -0.4 is 10.4 Å². The molecule has 12 rings (SSSR count). The molecule has 10 aromatic carbocycles. The Morgan fingerprint density at radius 3 is 1.14 bits per heavy atom. The van der Waals surface area contributed by atoms with Gasteiger partial charge >= 0.3 is 0 Å². The normalized spacial score (nSPS) is 15.2. The molecule has 0 bridgehead atoms. The van der Waals surface area contributed by atoms with E-state index in [2.05, 4.69) is 146 Å². The molecule has 49 heavy (non-hydrogen) atoms. The Hall–Kier alpha value is -5.50. The van der Waals surface area contributed by atoms with Gasteiger partial charge in [0.05, 0.1) is 0 Å². The van der Waals surface area contributed by atoms with Crippen LogP contribution in [-0.4, -0.2) is 8.07 Å². The summed E-state index contributed by atoms with van der Waals surface area (Å²) in [6, 6.07) is 59.1. The molecule has 0 unspecified atom stereocenters. The van der Waals surface area contributed by atoms with Crippen LogP contribution in [-0.2, 0) is 0 Å². The zero-order chi connectivity index (χ0) is 31.8. The minimum atomic E-state index is -1.90. The van der Waals surface area contributed by atoms with Crippen molar-refractivity contribution in [3.05, 3.63) is 146 Å². The van der Waals surface area contributed by atoms with E-state index >= 15 is 0 Å². The standard InChI is InChI=1S/C48H32Si/c1-2-26-49(25-1)43-27-35(37-19-13-33-11-9-29-5-3-7-31-15-23-41(37)47(33)45(29)31)17-21-39(43)40-22-18-36(28-44(40)49)38-20-14-34-12-10-30-6-4-8-32-16-24-42(38)48(34)46(30)32/h3-24,27-28H,1-2,25-26H2.